The number of hydrogen-bond acceptors (Lipinski definition) is 3. The zero-order valence-corrected chi connectivity index (χ0v) is 11.8. The Morgan fingerprint density at radius 3 is 2.70 bits per heavy atom. The second-order valence-electron chi connectivity index (χ2n) is 6.15. The fourth-order valence-corrected chi connectivity index (χ4v) is 3.84. The van der Waals surface area contributed by atoms with Gasteiger partial charge in [-0.25, -0.2) is 0 Å². The largest absolute Gasteiger partial charge is 0.387 e. The maximum absolute atomic E-state index is 10.4. The fraction of sp³-hybridized carbons (Fsp3) is 0.588. The first-order chi connectivity index (χ1) is 9.78. The number of aliphatic hydroxyl groups excluding tert-OH is 1. The van der Waals surface area contributed by atoms with Crippen molar-refractivity contribution in [3.05, 3.63) is 35.4 Å². The van der Waals surface area contributed by atoms with Crippen molar-refractivity contribution in [3.8, 4) is 6.07 Å². The first kappa shape index (κ1) is 13.6. The van der Waals surface area contributed by atoms with E-state index in [4.69, 9.17) is 5.26 Å². The van der Waals surface area contributed by atoms with Crippen molar-refractivity contribution in [3.63, 3.8) is 0 Å². The number of nitrogens with zero attached hydrogens (tertiary/aromatic N) is 2. The molecule has 1 saturated carbocycles. The van der Waals surface area contributed by atoms with Crippen LogP contribution in [-0.4, -0.2) is 29.1 Å². The summed E-state index contributed by atoms with van der Waals surface area (Å²) in [5.74, 6) is 0.858. The van der Waals surface area contributed by atoms with Crippen LogP contribution in [-0.2, 0) is 0 Å². The number of hydrogen-bond donors (Lipinski definition) is 1. The summed E-state index contributed by atoms with van der Waals surface area (Å²) in [6, 6.07) is 10.1. The van der Waals surface area contributed by atoms with E-state index in [-0.39, 0.29) is 0 Å². The Bertz CT molecular complexity index is 491. The number of benzene rings is 1. The molecule has 1 N–H and O–H groups in total. The van der Waals surface area contributed by atoms with Gasteiger partial charge in [-0.05, 0) is 49.4 Å². The fourth-order valence-electron chi connectivity index (χ4n) is 3.84. The van der Waals surface area contributed by atoms with Gasteiger partial charge in [-0.15, -0.1) is 0 Å². The van der Waals surface area contributed by atoms with Crippen LogP contribution in [0.4, 0.5) is 0 Å². The van der Waals surface area contributed by atoms with Gasteiger partial charge in [0.15, 0.2) is 0 Å². The Morgan fingerprint density at radius 1 is 1.20 bits per heavy atom. The second-order valence-corrected chi connectivity index (χ2v) is 6.15. The lowest BCUT2D eigenvalue weighted by atomic mass is 9.85. The van der Waals surface area contributed by atoms with E-state index in [1.807, 2.05) is 12.1 Å². The molecule has 1 aromatic carbocycles. The average Bonchev–Trinajstić information content (AvgIpc) is 2.91. The molecule has 3 atom stereocenters. The first-order valence-corrected chi connectivity index (χ1v) is 7.70. The van der Waals surface area contributed by atoms with Crippen molar-refractivity contribution in [1.82, 2.24) is 4.90 Å². The molecule has 2 fully saturated rings. The Balaban J connectivity index is 1.63. The van der Waals surface area contributed by atoms with E-state index in [1.54, 1.807) is 12.1 Å². The lowest BCUT2D eigenvalue weighted by molar-refractivity contribution is 0.0893. The summed E-state index contributed by atoms with van der Waals surface area (Å²) < 4.78 is 0. The molecule has 3 rings (SSSR count). The third-order valence-corrected chi connectivity index (χ3v) is 4.96. The standard InChI is InChI=1S/C17H22N2O/c18-11-13-5-7-15(8-6-13)17(20)12-19-10-9-14-3-1-2-4-16(14)19/h5-8,14,16-17,20H,1-4,9-10,12H2. The number of rotatable bonds is 3. The molecule has 106 valence electrons. The van der Waals surface area contributed by atoms with E-state index in [9.17, 15) is 5.11 Å². The van der Waals surface area contributed by atoms with Crippen LogP contribution in [0, 0.1) is 17.2 Å². The van der Waals surface area contributed by atoms with Crippen molar-refractivity contribution in [1.29, 1.82) is 5.26 Å². The highest BCUT2D eigenvalue weighted by atomic mass is 16.3. The van der Waals surface area contributed by atoms with Crippen LogP contribution in [0.3, 0.4) is 0 Å². The minimum Gasteiger partial charge on any atom is -0.387 e. The molecule has 1 heterocycles. The quantitative estimate of drug-likeness (QED) is 0.918. The molecule has 0 aromatic heterocycles. The van der Waals surface area contributed by atoms with Gasteiger partial charge in [0, 0.05) is 12.6 Å². The Labute approximate surface area is 120 Å². The minimum atomic E-state index is -0.441. The number of likely N-dealkylation sites (tertiary alicyclic amines) is 1. The van der Waals surface area contributed by atoms with Crippen molar-refractivity contribution < 1.29 is 5.11 Å². The van der Waals surface area contributed by atoms with Crippen LogP contribution in [0.15, 0.2) is 24.3 Å². The van der Waals surface area contributed by atoms with Gasteiger partial charge < -0.3 is 5.11 Å². The molecule has 3 nitrogen and oxygen atoms in total. The maximum Gasteiger partial charge on any atom is 0.0991 e. The summed E-state index contributed by atoms with van der Waals surface area (Å²) in [5, 5.41) is 19.2. The first-order valence-electron chi connectivity index (χ1n) is 7.70. The van der Waals surface area contributed by atoms with Crippen LogP contribution < -0.4 is 0 Å². The summed E-state index contributed by atoms with van der Waals surface area (Å²) >= 11 is 0. The maximum atomic E-state index is 10.4. The SMILES string of the molecule is N#Cc1ccc(C(O)CN2CCC3CCCCC32)cc1. The smallest absolute Gasteiger partial charge is 0.0991 e. The van der Waals surface area contributed by atoms with Gasteiger partial charge in [0.1, 0.15) is 0 Å². The minimum absolute atomic E-state index is 0.441. The Hall–Kier alpha value is -1.37. The van der Waals surface area contributed by atoms with Crippen LogP contribution in [0.1, 0.15) is 49.3 Å². The van der Waals surface area contributed by atoms with Crippen LogP contribution in [0.2, 0.25) is 0 Å². The highest BCUT2D eigenvalue weighted by Crippen LogP contribution is 2.36. The molecule has 0 spiro atoms. The summed E-state index contributed by atoms with van der Waals surface area (Å²) in [4.78, 5) is 2.48. The Kier molecular flexibility index (Phi) is 4.05. The highest BCUT2D eigenvalue weighted by Gasteiger charge is 2.36. The third kappa shape index (κ3) is 2.72. The molecule has 20 heavy (non-hydrogen) atoms. The van der Waals surface area contributed by atoms with Crippen molar-refractivity contribution >= 4 is 0 Å². The Morgan fingerprint density at radius 2 is 1.95 bits per heavy atom. The molecule has 1 saturated heterocycles. The number of nitriles is 1. The van der Waals surface area contributed by atoms with E-state index in [0.29, 0.717) is 11.6 Å². The second kappa shape index (κ2) is 5.95. The van der Waals surface area contributed by atoms with Gasteiger partial charge in [0.05, 0.1) is 17.7 Å². The molecule has 0 radical (unpaired) electrons. The predicted octanol–water partition coefficient (Wildman–Crippen LogP) is 2.86. The van der Waals surface area contributed by atoms with Crippen molar-refractivity contribution in [2.75, 3.05) is 13.1 Å². The number of aliphatic hydroxyl groups is 1. The normalized spacial score (nSPS) is 27.8. The molecule has 0 amide bonds. The van der Waals surface area contributed by atoms with E-state index >= 15 is 0 Å². The van der Waals surface area contributed by atoms with Gasteiger partial charge in [-0.1, -0.05) is 25.0 Å². The zero-order chi connectivity index (χ0) is 13.9. The number of β-amino-alcohol motifs (C(OH)–C–C–N with tert-alkyl or cyclic N) is 1. The highest BCUT2D eigenvalue weighted by molar-refractivity contribution is 5.32. The molecule has 3 heteroatoms. The van der Waals surface area contributed by atoms with E-state index < -0.39 is 6.10 Å². The van der Waals surface area contributed by atoms with Crippen molar-refractivity contribution in [2.45, 2.75) is 44.2 Å². The third-order valence-electron chi connectivity index (χ3n) is 4.96. The van der Waals surface area contributed by atoms with Crippen LogP contribution >= 0.6 is 0 Å². The molecule has 2 aliphatic rings. The lowest BCUT2D eigenvalue weighted by Gasteiger charge is -2.32. The molecule has 0 bridgehead atoms. The summed E-state index contributed by atoms with van der Waals surface area (Å²) in [7, 11) is 0. The summed E-state index contributed by atoms with van der Waals surface area (Å²) in [6.45, 7) is 1.86. The topological polar surface area (TPSA) is 47.3 Å². The van der Waals surface area contributed by atoms with E-state index in [0.717, 1.165) is 24.6 Å². The summed E-state index contributed by atoms with van der Waals surface area (Å²) in [5.41, 5.74) is 1.57. The van der Waals surface area contributed by atoms with Gasteiger partial charge in [-0.2, -0.15) is 5.26 Å². The van der Waals surface area contributed by atoms with Gasteiger partial charge in [-0.3, -0.25) is 4.90 Å². The zero-order valence-electron chi connectivity index (χ0n) is 11.8. The number of fused-ring (bicyclic) bond motifs is 1. The molecule has 3 unspecified atom stereocenters. The van der Waals surface area contributed by atoms with Crippen LogP contribution in [0.25, 0.3) is 0 Å². The van der Waals surface area contributed by atoms with E-state index in [2.05, 4.69) is 11.0 Å². The van der Waals surface area contributed by atoms with Gasteiger partial charge in [0.2, 0.25) is 0 Å². The van der Waals surface area contributed by atoms with Crippen LogP contribution in [0.5, 0.6) is 0 Å². The predicted molar refractivity (Wildman–Crippen MR) is 78.1 cm³/mol. The molecule has 1 aromatic rings. The molecular weight excluding hydrogens is 248 g/mol. The summed E-state index contributed by atoms with van der Waals surface area (Å²) in [6.07, 6.45) is 6.24. The molecule has 1 aliphatic heterocycles. The van der Waals surface area contributed by atoms with E-state index in [1.165, 1.54) is 32.1 Å². The van der Waals surface area contributed by atoms with Gasteiger partial charge >= 0.3 is 0 Å². The average molecular weight is 270 g/mol. The monoisotopic (exact) mass is 270 g/mol. The lowest BCUT2D eigenvalue weighted by Crippen LogP contribution is -2.37. The van der Waals surface area contributed by atoms with Crippen molar-refractivity contribution in [2.24, 2.45) is 5.92 Å². The molecule has 1 aliphatic carbocycles. The van der Waals surface area contributed by atoms with Gasteiger partial charge in [0.25, 0.3) is 0 Å². The molecular formula is C17H22N2O.